The lowest BCUT2D eigenvalue weighted by molar-refractivity contribution is 0.203. The van der Waals surface area contributed by atoms with Crippen LogP contribution in [0.15, 0.2) is 15.9 Å². The Labute approximate surface area is 97.2 Å². The van der Waals surface area contributed by atoms with Crippen LogP contribution in [0.5, 0.6) is 0 Å². The molecule has 1 aliphatic rings. The third-order valence-corrected chi connectivity index (χ3v) is 4.23. The lowest BCUT2D eigenvalue weighted by atomic mass is 10.1. The molecule has 78 valence electrons. The molecule has 4 heteroatoms. The topological polar surface area (TPSA) is 29.3 Å². The average molecular weight is 275 g/mol. The van der Waals surface area contributed by atoms with E-state index in [2.05, 4.69) is 32.3 Å². The third-order valence-electron chi connectivity index (χ3n) is 2.54. The van der Waals surface area contributed by atoms with E-state index in [4.69, 9.17) is 5.73 Å². The quantitative estimate of drug-likeness (QED) is 0.898. The van der Waals surface area contributed by atoms with Crippen LogP contribution in [0.1, 0.15) is 17.7 Å². The summed E-state index contributed by atoms with van der Waals surface area (Å²) in [5.41, 5.74) is 5.94. The van der Waals surface area contributed by atoms with Crippen molar-refractivity contribution in [2.45, 2.75) is 25.4 Å². The highest BCUT2D eigenvalue weighted by atomic mass is 79.9. The molecule has 0 spiro atoms. The fourth-order valence-corrected chi connectivity index (χ4v) is 3.38. The standard InChI is InChI=1S/C10H15BrN2S/c11-8-4-10(14-7-8)6-13-3-1-2-9(12)5-13/h4,7,9H,1-3,5-6,12H2/t9-/m1/s1. The minimum atomic E-state index is 0.382. The summed E-state index contributed by atoms with van der Waals surface area (Å²) >= 11 is 5.29. The lowest BCUT2D eigenvalue weighted by Crippen LogP contribution is -2.42. The van der Waals surface area contributed by atoms with Crippen molar-refractivity contribution in [2.24, 2.45) is 5.73 Å². The fraction of sp³-hybridized carbons (Fsp3) is 0.600. The molecule has 1 saturated heterocycles. The van der Waals surface area contributed by atoms with E-state index in [0.29, 0.717) is 6.04 Å². The molecule has 0 radical (unpaired) electrons. The van der Waals surface area contributed by atoms with Crippen molar-refractivity contribution < 1.29 is 0 Å². The van der Waals surface area contributed by atoms with Gasteiger partial charge in [0.25, 0.3) is 0 Å². The van der Waals surface area contributed by atoms with Crippen molar-refractivity contribution in [1.82, 2.24) is 4.90 Å². The van der Waals surface area contributed by atoms with Gasteiger partial charge in [0.2, 0.25) is 0 Å². The molecular weight excluding hydrogens is 260 g/mol. The van der Waals surface area contributed by atoms with E-state index in [-0.39, 0.29) is 0 Å². The Balaban J connectivity index is 1.90. The second-order valence-electron chi connectivity index (χ2n) is 3.87. The highest BCUT2D eigenvalue weighted by molar-refractivity contribution is 9.10. The first kappa shape index (κ1) is 10.6. The van der Waals surface area contributed by atoms with Gasteiger partial charge in [0.15, 0.2) is 0 Å². The van der Waals surface area contributed by atoms with Gasteiger partial charge in [0.1, 0.15) is 0 Å². The Morgan fingerprint density at radius 2 is 2.50 bits per heavy atom. The number of hydrogen-bond donors (Lipinski definition) is 1. The van der Waals surface area contributed by atoms with Crippen molar-refractivity contribution in [3.05, 3.63) is 20.8 Å². The second-order valence-corrected chi connectivity index (χ2v) is 5.78. The number of thiophene rings is 1. The number of halogens is 1. The van der Waals surface area contributed by atoms with Gasteiger partial charge in [0.05, 0.1) is 0 Å². The van der Waals surface area contributed by atoms with E-state index in [1.165, 1.54) is 28.7 Å². The van der Waals surface area contributed by atoms with Crippen molar-refractivity contribution in [3.63, 3.8) is 0 Å². The van der Waals surface area contributed by atoms with Gasteiger partial charge in [-0.25, -0.2) is 0 Å². The molecule has 14 heavy (non-hydrogen) atoms. The van der Waals surface area contributed by atoms with E-state index in [1.807, 2.05) is 11.3 Å². The van der Waals surface area contributed by atoms with Gasteiger partial charge in [-0.2, -0.15) is 0 Å². The smallest absolute Gasteiger partial charge is 0.0328 e. The van der Waals surface area contributed by atoms with Crippen LogP contribution in [-0.2, 0) is 6.54 Å². The molecule has 2 heterocycles. The fourth-order valence-electron chi connectivity index (χ4n) is 1.89. The molecule has 1 aliphatic heterocycles. The van der Waals surface area contributed by atoms with Crippen LogP contribution in [0.25, 0.3) is 0 Å². The predicted octanol–water partition coefficient (Wildman–Crippen LogP) is 2.43. The van der Waals surface area contributed by atoms with Crippen LogP contribution in [0.3, 0.4) is 0 Å². The minimum absolute atomic E-state index is 0.382. The Hall–Kier alpha value is 0.1000. The number of rotatable bonds is 2. The number of piperidine rings is 1. The monoisotopic (exact) mass is 274 g/mol. The molecule has 0 aliphatic carbocycles. The first-order valence-corrected chi connectivity index (χ1v) is 6.62. The molecule has 1 fully saturated rings. The van der Waals surface area contributed by atoms with E-state index >= 15 is 0 Å². The third kappa shape index (κ3) is 2.79. The predicted molar refractivity (Wildman–Crippen MR) is 64.5 cm³/mol. The van der Waals surface area contributed by atoms with E-state index in [9.17, 15) is 0 Å². The molecule has 0 aromatic carbocycles. The maximum Gasteiger partial charge on any atom is 0.0328 e. The van der Waals surface area contributed by atoms with Crippen molar-refractivity contribution in [3.8, 4) is 0 Å². The van der Waals surface area contributed by atoms with Crippen molar-refractivity contribution >= 4 is 27.3 Å². The van der Waals surface area contributed by atoms with Crippen LogP contribution in [0, 0.1) is 0 Å². The molecule has 0 bridgehead atoms. The number of nitrogens with two attached hydrogens (primary N) is 1. The van der Waals surface area contributed by atoms with Gasteiger partial charge in [-0.3, -0.25) is 4.90 Å². The maximum absolute atomic E-state index is 5.94. The van der Waals surface area contributed by atoms with Gasteiger partial charge in [0, 0.05) is 33.9 Å². The number of likely N-dealkylation sites (tertiary alicyclic amines) is 1. The Morgan fingerprint density at radius 1 is 1.64 bits per heavy atom. The van der Waals surface area contributed by atoms with Crippen LogP contribution in [-0.4, -0.2) is 24.0 Å². The van der Waals surface area contributed by atoms with Crippen LogP contribution in [0.2, 0.25) is 0 Å². The molecule has 1 aromatic rings. The summed E-state index contributed by atoms with van der Waals surface area (Å²) in [6, 6.07) is 2.58. The van der Waals surface area contributed by atoms with E-state index in [1.54, 1.807) is 0 Å². The summed E-state index contributed by atoms with van der Waals surface area (Å²) < 4.78 is 1.19. The van der Waals surface area contributed by atoms with E-state index < -0.39 is 0 Å². The van der Waals surface area contributed by atoms with Crippen LogP contribution < -0.4 is 5.73 Å². The molecule has 0 unspecified atom stereocenters. The number of nitrogens with zero attached hydrogens (tertiary/aromatic N) is 1. The molecule has 2 N–H and O–H groups in total. The van der Waals surface area contributed by atoms with Crippen molar-refractivity contribution in [1.29, 1.82) is 0 Å². The molecular formula is C10H15BrN2S. The van der Waals surface area contributed by atoms with Gasteiger partial charge >= 0.3 is 0 Å². The Morgan fingerprint density at radius 3 is 3.14 bits per heavy atom. The summed E-state index contributed by atoms with van der Waals surface area (Å²) in [6.07, 6.45) is 2.43. The minimum Gasteiger partial charge on any atom is -0.327 e. The molecule has 2 nitrogen and oxygen atoms in total. The highest BCUT2D eigenvalue weighted by Gasteiger charge is 2.16. The first-order valence-electron chi connectivity index (χ1n) is 4.95. The summed E-state index contributed by atoms with van der Waals surface area (Å²) in [7, 11) is 0. The first-order chi connectivity index (χ1) is 6.74. The molecule has 2 rings (SSSR count). The van der Waals surface area contributed by atoms with Gasteiger partial charge in [-0.1, -0.05) is 0 Å². The van der Waals surface area contributed by atoms with Gasteiger partial charge in [-0.05, 0) is 41.4 Å². The zero-order chi connectivity index (χ0) is 9.97. The zero-order valence-electron chi connectivity index (χ0n) is 8.08. The SMILES string of the molecule is N[C@@H]1CCCN(Cc2cc(Br)cs2)C1. The average Bonchev–Trinajstić information content (AvgIpc) is 2.51. The lowest BCUT2D eigenvalue weighted by Gasteiger charge is -2.30. The van der Waals surface area contributed by atoms with Gasteiger partial charge < -0.3 is 5.73 Å². The van der Waals surface area contributed by atoms with Crippen molar-refractivity contribution in [2.75, 3.05) is 13.1 Å². The molecule has 0 amide bonds. The molecule has 0 saturated carbocycles. The molecule has 1 aromatic heterocycles. The largest absolute Gasteiger partial charge is 0.327 e. The molecule has 1 atom stereocenters. The second kappa shape index (κ2) is 4.75. The van der Waals surface area contributed by atoms with Gasteiger partial charge in [-0.15, -0.1) is 11.3 Å². The Bertz CT molecular complexity index is 300. The highest BCUT2D eigenvalue weighted by Crippen LogP contribution is 2.22. The summed E-state index contributed by atoms with van der Waals surface area (Å²) in [5, 5.41) is 2.14. The normalized spacial score (nSPS) is 24.0. The zero-order valence-corrected chi connectivity index (χ0v) is 10.5. The maximum atomic E-state index is 5.94. The summed E-state index contributed by atoms with van der Waals surface area (Å²) in [5.74, 6) is 0. The van der Waals surface area contributed by atoms with Crippen LogP contribution >= 0.6 is 27.3 Å². The number of hydrogen-bond acceptors (Lipinski definition) is 3. The van der Waals surface area contributed by atoms with E-state index in [0.717, 1.165) is 13.1 Å². The summed E-state index contributed by atoms with van der Waals surface area (Å²) in [6.45, 7) is 3.31. The van der Waals surface area contributed by atoms with Crippen LogP contribution in [0.4, 0.5) is 0 Å². The summed E-state index contributed by atoms with van der Waals surface area (Å²) in [4.78, 5) is 3.87. The Kier molecular flexibility index (Phi) is 3.60.